The number of aromatic nitrogens is 2. The lowest BCUT2D eigenvalue weighted by Crippen LogP contribution is -2.32. The molecule has 1 aromatic rings. The second kappa shape index (κ2) is 3.33. The number of rotatable bonds is 3. The standard InChI is InChI=1S/C8H16N4O/c1-5-8(2,9)6-10-7(11-13-6)12(3)4/h5,9H2,1-4H3. The summed E-state index contributed by atoms with van der Waals surface area (Å²) in [4.78, 5) is 5.95. The molecule has 2 N–H and O–H groups in total. The van der Waals surface area contributed by atoms with E-state index in [-0.39, 0.29) is 0 Å². The third-order valence-electron chi connectivity index (χ3n) is 2.04. The van der Waals surface area contributed by atoms with E-state index in [1.807, 2.05) is 27.9 Å². The molecule has 0 aliphatic rings. The molecule has 1 atom stereocenters. The van der Waals surface area contributed by atoms with Crippen molar-refractivity contribution in [1.29, 1.82) is 0 Å². The smallest absolute Gasteiger partial charge is 0.265 e. The summed E-state index contributed by atoms with van der Waals surface area (Å²) in [6, 6.07) is 0. The Hall–Kier alpha value is -1.10. The van der Waals surface area contributed by atoms with Crippen molar-refractivity contribution < 1.29 is 4.52 Å². The van der Waals surface area contributed by atoms with Gasteiger partial charge in [-0.1, -0.05) is 6.92 Å². The first-order valence-corrected chi connectivity index (χ1v) is 4.27. The molecule has 74 valence electrons. The average Bonchev–Trinajstić information content (AvgIpc) is 2.52. The molecule has 0 aliphatic heterocycles. The van der Waals surface area contributed by atoms with Crippen LogP contribution >= 0.6 is 0 Å². The summed E-state index contributed by atoms with van der Waals surface area (Å²) in [6.07, 6.45) is 0.766. The SMILES string of the molecule is CCC(C)(N)c1nc(N(C)C)no1. The monoisotopic (exact) mass is 184 g/mol. The Morgan fingerprint density at radius 1 is 1.54 bits per heavy atom. The van der Waals surface area contributed by atoms with Crippen LogP contribution < -0.4 is 10.6 Å². The van der Waals surface area contributed by atoms with E-state index < -0.39 is 5.54 Å². The predicted molar refractivity (Wildman–Crippen MR) is 50.5 cm³/mol. The van der Waals surface area contributed by atoms with Gasteiger partial charge in [0.1, 0.15) is 0 Å². The van der Waals surface area contributed by atoms with Crippen LogP contribution in [0.25, 0.3) is 0 Å². The van der Waals surface area contributed by atoms with E-state index in [1.54, 1.807) is 4.90 Å². The first-order chi connectivity index (χ1) is 5.97. The van der Waals surface area contributed by atoms with Crippen molar-refractivity contribution in [3.05, 3.63) is 5.89 Å². The Bertz CT molecular complexity index is 279. The van der Waals surface area contributed by atoms with Crippen LogP contribution in [-0.4, -0.2) is 24.2 Å². The third kappa shape index (κ3) is 1.98. The van der Waals surface area contributed by atoms with E-state index in [2.05, 4.69) is 10.1 Å². The van der Waals surface area contributed by atoms with Crippen LogP contribution in [0.3, 0.4) is 0 Å². The molecular formula is C8H16N4O. The third-order valence-corrected chi connectivity index (χ3v) is 2.04. The highest BCUT2D eigenvalue weighted by atomic mass is 16.5. The molecule has 13 heavy (non-hydrogen) atoms. The van der Waals surface area contributed by atoms with Gasteiger partial charge in [0.25, 0.3) is 5.95 Å². The van der Waals surface area contributed by atoms with Crippen LogP contribution in [0, 0.1) is 0 Å². The Kier molecular flexibility index (Phi) is 2.56. The van der Waals surface area contributed by atoms with Crippen LogP contribution in [0.15, 0.2) is 4.52 Å². The van der Waals surface area contributed by atoms with E-state index in [0.717, 1.165) is 6.42 Å². The fourth-order valence-electron chi connectivity index (χ4n) is 0.781. The Labute approximate surface area is 77.9 Å². The molecule has 0 saturated carbocycles. The highest BCUT2D eigenvalue weighted by Gasteiger charge is 2.26. The number of nitrogens with two attached hydrogens (primary N) is 1. The molecule has 0 radical (unpaired) electrons. The zero-order chi connectivity index (χ0) is 10.1. The van der Waals surface area contributed by atoms with Gasteiger partial charge in [0.05, 0.1) is 5.54 Å². The first kappa shape index (κ1) is 9.98. The van der Waals surface area contributed by atoms with Crippen molar-refractivity contribution in [2.75, 3.05) is 19.0 Å². The molecule has 0 aliphatic carbocycles. The summed E-state index contributed by atoms with van der Waals surface area (Å²) < 4.78 is 5.05. The lowest BCUT2D eigenvalue weighted by atomic mass is 10.0. The number of anilines is 1. The second-order valence-electron chi connectivity index (χ2n) is 3.56. The Morgan fingerprint density at radius 2 is 2.15 bits per heavy atom. The molecule has 1 unspecified atom stereocenters. The highest BCUT2D eigenvalue weighted by Crippen LogP contribution is 2.20. The highest BCUT2D eigenvalue weighted by molar-refractivity contribution is 5.24. The maximum absolute atomic E-state index is 5.94. The Morgan fingerprint density at radius 3 is 2.54 bits per heavy atom. The van der Waals surface area contributed by atoms with Gasteiger partial charge in [-0.2, -0.15) is 4.98 Å². The van der Waals surface area contributed by atoms with Crippen LogP contribution in [-0.2, 0) is 5.54 Å². The molecule has 0 spiro atoms. The molecule has 5 nitrogen and oxygen atoms in total. The zero-order valence-corrected chi connectivity index (χ0v) is 8.53. The molecule has 0 fully saturated rings. The van der Waals surface area contributed by atoms with Gasteiger partial charge >= 0.3 is 0 Å². The van der Waals surface area contributed by atoms with E-state index >= 15 is 0 Å². The van der Waals surface area contributed by atoms with Gasteiger partial charge in [-0.3, -0.25) is 0 Å². The van der Waals surface area contributed by atoms with E-state index in [4.69, 9.17) is 10.3 Å². The average molecular weight is 184 g/mol. The quantitative estimate of drug-likeness (QED) is 0.749. The number of hydrogen-bond acceptors (Lipinski definition) is 5. The lowest BCUT2D eigenvalue weighted by molar-refractivity contribution is 0.291. The van der Waals surface area contributed by atoms with E-state index in [9.17, 15) is 0 Å². The number of hydrogen-bond donors (Lipinski definition) is 1. The molecule has 0 aromatic carbocycles. The van der Waals surface area contributed by atoms with Crippen molar-refractivity contribution in [1.82, 2.24) is 10.1 Å². The molecule has 0 bridgehead atoms. The zero-order valence-electron chi connectivity index (χ0n) is 8.53. The van der Waals surface area contributed by atoms with Crippen molar-refractivity contribution >= 4 is 5.95 Å². The van der Waals surface area contributed by atoms with Crippen molar-refractivity contribution in [2.45, 2.75) is 25.8 Å². The summed E-state index contributed by atoms with van der Waals surface area (Å²) in [6.45, 7) is 3.86. The largest absolute Gasteiger partial charge is 0.344 e. The minimum Gasteiger partial charge on any atom is -0.344 e. The fourth-order valence-corrected chi connectivity index (χ4v) is 0.781. The maximum Gasteiger partial charge on any atom is 0.265 e. The van der Waals surface area contributed by atoms with Crippen molar-refractivity contribution in [3.63, 3.8) is 0 Å². The van der Waals surface area contributed by atoms with Gasteiger partial charge in [0.15, 0.2) is 0 Å². The molecule has 5 heteroatoms. The minimum atomic E-state index is -0.527. The van der Waals surface area contributed by atoms with Crippen LogP contribution in [0.4, 0.5) is 5.95 Å². The first-order valence-electron chi connectivity index (χ1n) is 4.27. The molecule has 0 saturated heterocycles. The van der Waals surface area contributed by atoms with Crippen molar-refractivity contribution in [2.24, 2.45) is 5.73 Å². The van der Waals surface area contributed by atoms with Crippen LogP contribution in [0.2, 0.25) is 0 Å². The summed E-state index contributed by atoms with van der Waals surface area (Å²) in [5, 5.41) is 3.79. The maximum atomic E-state index is 5.94. The van der Waals surface area contributed by atoms with Crippen LogP contribution in [0.5, 0.6) is 0 Å². The van der Waals surface area contributed by atoms with Crippen molar-refractivity contribution in [3.8, 4) is 0 Å². The van der Waals surface area contributed by atoms with Gasteiger partial charge < -0.3 is 15.2 Å². The van der Waals surface area contributed by atoms with E-state index in [0.29, 0.717) is 11.8 Å². The molecule has 0 amide bonds. The molecule has 1 aromatic heterocycles. The Balaban J connectivity index is 2.91. The van der Waals surface area contributed by atoms with Crippen LogP contribution in [0.1, 0.15) is 26.2 Å². The predicted octanol–water partition coefficient (Wildman–Crippen LogP) is 0.719. The minimum absolute atomic E-state index is 0.485. The van der Waals surface area contributed by atoms with Gasteiger partial charge in [0, 0.05) is 14.1 Å². The topological polar surface area (TPSA) is 68.2 Å². The summed E-state index contributed by atoms with van der Waals surface area (Å²) >= 11 is 0. The summed E-state index contributed by atoms with van der Waals surface area (Å²) in [7, 11) is 3.71. The van der Waals surface area contributed by atoms with E-state index in [1.165, 1.54) is 0 Å². The second-order valence-corrected chi connectivity index (χ2v) is 3.56. The van der Waals surface area contributed by atoms with Gasteiger partial charge in [0.2, 0.25) is 5.89 Å². The normalized spacial score (nSPS) is 15.5. The fraction of sp³-hybridized carbons (Fsp3) is 0.750. The summed E-state index contributed by atoms with van der Waals surface area (Å²) in [5.74, 6) is 1.04. The van der Waals surface area contributed by atoms with Gasteiger partial charge in [-0.25, -0.2) is 0 Å². The summed E-state index contributed by atoms with van der Waals surface area (Å²) in [5.41, 5.74) is 5.41. The molecule has 1 rings (SSSR count). The van der Waals surface area contributed by atoms with Gasteiger partial charge in [-0.05, 0) is 18.5 Å². The molecule has 1 heterocycles. The lowest BCUT2D eigenvalue weighted by Gasteiger charge is -2.16. The number of nitrogens with zero attached hydrogens (tertiary/aromatic N) is 3. The molecular weight excluding hydrogens is 168 g/mol. The van der Waals surface area contributed by atoms with Gasteiger partial charge in [-0.15, -0.1) is 0 Å².